The number of amides is 1. The normalized spacial score (nSPS) is 9.84. The van der Waals surface area contributed by atoms with Crippen molar-refractivity contribution in [2.45, 2.75) is 13.8 Å². The number of carboxylic acids is 1. The molecule has 19 heavy (non-hydrogen) atoms. The number of aromatic carboxylic acids is 1. The molecule has 2 rings (SSSR count). The second-order valence-corrected chi connectivity index (χ2v) is 4.74. The van der Waals surface area contributed by atoms with Crippen molar-refractivity contribution in [2.75, 3.05) is 0 Å². The molecular formula is C12H14N2O4S. The van der Waals surface area contributed by atoms with Crippen LogP contribution in [0.25, 0.3) is 11.5 Å². The molecule has 0 aliphatic carbocycles. The molecule has 2 heterocycles. The first-order chi connectivity index (χ1) is 8.91. The van der Waals surface area contributed by atoms with Crippen molar-refractivity contribution in [3.05, 3.63) is 28.8 Å². The minimum atomic E-state index is -1.01. The topological polar surface area (TPSA) is 106 Å². The highest BCUT2D eigenvalue weighted by molar-refractivity contribution is 7.11. The van der Waals surface area contributed by atoms with Crippen LogP contribution < -0.4 is 5.73 Å². The van der Waals surface area contributed by atoms with E-state index in [9.17, 15) is 9.59 Å². The van der Waals surface area contributed by atoms with Gasteiger partial charge in [0.15, 0.2) is 5.76 Å². The molecule has 0 saturated heterocycles. The third-order valence-electron chi connectivity index (χ3n) is 2.03. The zero-order valence-electron chi connectivity index (χ0n) is 10.5. The van der Waals surface area contributed by atoms with Crippen molar-refractivity contribution < 1.29 is 19.1 Å². The molecular weight excluding hydrogens is 268 g/mol. The first-order valence-electron chi connectivity index (χ1n) is 5.43. The number of carbonyl (C=O) groups is 2. The summed E-state index contributed by atoms with van der Waals surface area (Å²) in [5.41, 5.74) is 5.36. The smallest absolute Gasteiger partial charge is 0.365 e. The second kappa shape index (κ2) is 6.69. The monoisotopic (exact) mass is 282 g/mol. The van der Waals surface area contributed by atoms with Gasteiger partial charge in [0.05, 0.1) is 6.26 Å². The maximum absolute atomic E-state index is 10.5. The zero-order valence-corrected chi connectivity index (χ0v) is 11.3. The summed E-state index contributed by atoms with van der Waals surface area (Å²) in [6, 6.07) is 3.47. The van der Waals surface area contributed by atoms with E-state index in [0.717, 1.165) is 11.3 Å². The van der Waals surface area contributed by atoms with Crippen molar-refractivity contribution in [2.24, 2.45) is 11.7 Å². The molecule has 0 aliphatic rings. The van der Waals surface area contributed by atoms with E-state index in [0.29, 0.717) is 11.5 Å². The number of nitrogens with zero attached hydrogens (tertiary/aromatic N) is 1. The van der Waals surface area contributed by atoms with Crippen LogP contribution in [0, 0.1) is 5.92 Å². The van der Waals surface area contributed by atoms with Crippen molar-refractivity contribution in [3.8, 4) is 11.5 Å². The van der Waals surface area contributed by atoms with Crippen LogP contribution in [-0.4, -0.2) is 22.0 Å². The van der Waals surface area contributed by atoms with E-state index in [1.165, 1.54) is 6.26 Å². The van der Waals surface area contributed by atoms with E-state index in [2.05, 4.69) is 4.98 Å². The van der Waals surface area contributed by atoms with Gasteiger partial charge in [-0.3, -0.25) is 4.79 Å². The Morgan fingerprint density at radius 3 is 2.47 bits per heavy atom. The third kappa shape index (κ3) is 4.55. The van der Waals surface area contributed by atoms with Gasteiger partial charge in [-0.25, -0.2) is 9.78 Å². The second-order valence-electron chi connectivity index (χ2n) is 3.88. The van der Waals surface area contributed by atoms with Gasteiger partial charge >= 0.3 is 5.97 Å². The summed E-state index contributed by atoms with van der Waals surface area (Å²) in [5, 5.41) is 10.3. The molecule has 0 atom stereocenters. The maximum Gasteiger partial charge on any atom is 0.365 e. The summed E-state index contributed by atoms with van der Waals surface area (Å²) < 4.78 is 5.06. The van der Waals surface area contributed by atoms with Gasteiger partial charge in [0.25, 0.3) is 0 Å². The number of furan rings is 1. The van der Waals surface area contributed by atoms with Crippen molar-refractivity contribution in [1.29, 1.82) is 0 Å². The van der Waals surface area contributed by atoms with E-state index in [-0.39, 0.29) is 16.8 Å². The molecule has 102 valence electrons. The summed E-state index contributed by atoms with van der Waals surface area (Å²) in [6.45, 7) is 3.53. The molecule has 0 bridgehead atoms. The number of thiazole rings is 1. The Balaban J connectivity index is 0.000000258. The van der Waals surface area contributed by atoms with Crippen LogP contribution in [0.3, 0.4) is 0 Å². The molecule has 0 spiro atoms. The van der Waals surface area contributed by atoms with E-state index in [1.54, 1.807) is 31.4 Å². The summed E-state index contributed by atoms with van der Waals surface area (Å²) in [6.07, 6.45) is 1.52. The van der Waals surface area contributed by atoms with Crippen LogP contribution in [0.1, 0.15) is 23.6 Å². The fourth-order valence-electron chi connectivity index (χ4n) is 0.909. The lowest BCUT2D eigenvalue weighted by atomic mass is 10.2. The van der Waals surface area contributed by atoms with Gasteiger partial charge in [-0.2, -0.15) is 0 Å². The first-order valence-corrected chi connectivity index (χ1v) is 6.31. The molecule has 0 aromatic carbocycles. The quantitative estimate of drug-likeness (QED) is 0.897. The van der Waals surface area contributed by atoms with Gasteiger partial charge in [0.1, 0.15) is 5.69 Å². The molecule has 0 saturated carbocycles. The summed E-state index contributed by atoms with van der Waals surface area (Å²) >= 11 is 1.09. The number of aromatic nitrogens is 1. The fourth-order valence-corrected chi connectivity index (χ4v) is 1.55. The van der Waals surface area contributed by atoms with Crippen LogP contribution in [0.15, 0.2) is 28.2 Å². The number of hydrogen-bond acceptors (Lipinski definition) is 5. The molecule has 6 nitrogen and oxygen atoms in total. The Hall–Kier alpha value is -2.15. The average molecular weight is 282 g/mol. The standard InChI is InChI=1S/C8H5NO3S.C4H9NO/c10-8(11)7-9-5(4-13-7)6-2-1-3-12-6;1-3(2)4(5)6/h1-4H,(H,10,11);3H,1-2H3,(H2,5,6). The molecule has 1 amide bonds. The van der Waals surface area contributed by atoms with Gasteiger partial charge in [-0.15, -0.1) is 11.3 Å². The lowest BCUT2D eigenvalue weighted by Gasteiger charge is -1.90. The van der Waals surface area contributed by atoms with Crippen LogP contribution in [0.5, 0.6) is 0 Å². The Morgan fingerprint density at radius 2 is 2.11 bits per heavy atom. The number of rotatable bonds is 3. The fraction of sp³-hybridized carbons (Fsp3) is 0.250. The predicted molar refractivity (Wildman–Crippen MR) is 70.8 cm³/mol. The third-order valence-corrected chi connectivity index (χ3v) is 2.86. The van der Waals surface area contributed by atoms with Gasteiger partial charge < -0.3 is 15.3 Å². The number of carboxylic acid groups (broad SMARTS) is 1. The largest absolute Gasteiger partial charge is 0.476 e. The first kappa shape index (κ1) is 14.9. The van der Waals surface area contributed by atoms with Crippen LogP contribution in [-0.2, 0) is 4.79 Å². The Morgan fingerprint density at radius 1 is 1.47 bits per heavy atom. The van der Waals surface area contributed by atoms with Gasteiger partial charge in [-0.1, -0.05) is 13.8 Å². The highest BCUT2D eigenvalue weighted by Crippen LogP contribution is 2.21. The van der Waals surface area contributed by atoms with Crippen molar-refractivity contribution in [3.63, 3.8) is 0 Å². The number of primary amides is 1. The molecule has 7 heteroatoms. The summed E-state index contributed by atoms with van der Waals surface area (Å²) in [7, 11) is 0. The molecule has 3 N–H and O–H groups in total. The molecule has 2 aromatic rings. The van der Waals surface area contributed by atoms with Gasteiger partial charge in [0, 0.05) is 11.3 Å². The average Bonchev–Trinajstić information content (AvgIpc) is 3.00. The van der Waals surface area contributed by atoms with Gasteiger partial charge in [0.2, 0.25) is 10.9 Å². The molecule has 0 unspecified atom stereocenters. The number of carbonyl (C=O) groups excluding carboxylic acids is 1. The molecule has 0 aliphatic heterocycles. The molecule has 0 radical (unpaired) electrons. The lowest BCUT2D eigenvalue weighted by molar-refractivity contribution is -0.120. The van der Waals surface area contributed by atoms with Crippen LogP contribution in [0.2, 0.25) is 0 Å². The maximum atomic E-state index is 10.5. The van der Waals surface area contributed by atoms with Crippen molar-refractivity contribution in [1.82, 2.24) is 4.98 Å². The van der Waals surface area contributed by atoms with Gasteiger partial charge in [-0.05, 0) is 12.1 Å². The Labute approximate surface area is 113 Å². The Kier molecular flexibility index (Phi) is 5.25. The minimum absolute atomic E-state index is 0.00926. The van der Waals surface area contributed by atoms with Crippen molar-refractivity contribution >= 4 is 23.2 Å². The Bertz CT molecular complexity index is 546. The van der Waals surface area contributed by atoms with E-state index < -0.39 is 5.97 Å². The SMILES string of the molecule is CC(C)C(N)=O.O=C(O)c1nc(-c2ccco2)cs1. The van der Waals surface area contributed by atoms with Crippen LogP contribution >= 0.6 is 11.3 Å². The van der Waals surface area contributed by atoms with Crippen LogP contribution in [0.4, 0.5) is 0 Å². The molecule has 0 fully saturated rings. The van der Waals surface area contributed by atoms with E-state index in [4.69, 9.17) is 15.3 Å². The minimum Gasteiger partial charge on any atom is -0.476 e. The predicted octanol–water partition coefficient (Wildman–Crippen LogP) is 2.23. The summed E-state index contributed by atoms with van der Waals surface area (Å²) in [5.74, 6) is -0.674. The zero-order chi connectivity index (χ0) is 14.4. The van der Waals surface area contributed by atoms with E-state index in [1.807, 2.05) is 0 Å². The number of hydrogen-bond donors (Lipinski definition) is 2. The highest BCUT2D eigenvalue weighted by Gasteiger charge is 2.11. The highest BCUT2D eigenvalue weighted by atomic mass is 32.1. The molecule has 2 aromatic heterocycles. The lowest BCUT2D eigenvalue weighted by Crippen LogP contribution is -2.17. The number of nitrogens with two attached hydrogens (primary N) is 1. The van der Waals surface area contributed by atoms with E-state index >= 15 is 0 Å². The summed E-state index contributed by atoms with van der Waals surface area (Å²) in [4.78, 5) is 24.3.